The van der Waals surface area contributed by atoms with Crippen LogP contribution >= 0.6 is 0 Å². The van der Waals surface area contributed by atoms with Gasteiger partial charge >= 0.3 is 11.7 Å². The van der Waals surface area contributed by atoms with Crippen molar-refractivity contribution in [3.8, 4) is 5.75 Å². The van der Waals surface area contributed by atoms with Gasteiger partial charge in [0.1, 0.15) is 22.7 Å². The lowest BCUT2D eigenvalue weighted by atomic mass is 9.92. The number of nitrogens with two attached hydrogens (primary N) is 1. The van der Waals surface area contributed by atoms with Gasteiger partial charge in [0.25, 0.3) is 5.56 Å². The molecule has 9 nitrogen and oxygen atoms in total. The summed E-state index contributed by atoms with van der Waals surface area (Å²) in [6.07, 6.45) is 0. The number of esters is 1. The molecule has 1 aromatic heterocycles. The number of anilines is 1. The maximum absolute atomic E-state index is 12.5. The number of carbonyl (C=O) groups is 2. The van der Waals surface area contributed by atoms with Crippen molar-refractivity contribution in [3.05, 3.63) is 55.2 Å². The summed E-state index contributed by atoms with van der Waals surface area (Å²) in [6, 6.07) is 3.35. The smallest absolute Gasteiger partial charge is 0.342 e. The average Bonchev–Trinajstić information content (AvgIpc) is 2.63. The van der Waals surface area contributed by atoms with Crippen molar-refractivity contribution in [2.75, 3.05) is 12.3 Å². The zero-order valence-electron chi connectivity index (χ0n) is 17.0. The molecule has 0 unspecified atom stereocenters. The number of rotatable bonds is 6. The molecule has 0 aliphatic heterocycles. The number of Topliss-reactive ketones (excluding diaryl/α,β-unsaturated/α-hetero) is 1. The third-order valence-corrected chi connectivity index (χ3v) is 4.65. The minimum Gasteiger partial charge on any atom is -0.507 e. The number of nitrogens with zero attached hydrogens (tertiary/aromatic N) is 1. The van der Waals surface area contributed by atoms with E-state index in [4.69, 9.17) is 10.5 Å². The molecule has 0 aliphatic carbocycles. The van der Waals surface area contributed by atoms with Crippen LogP contribution in [-0.4, -0.2) is 33.0 Å². The molecular weight excluding hydrogens is 378 g/mol. The number of hydrogen-bond acceptors (Lipinski definition) is 7. The number of nitrogen functional groups attached to an aromatic ring is 1. The maximum Gasteiger partial charge on any atom is 0.342 e. The highest BCUT2D eigenvalue weighted by Crippen LogP contribution is 2.33. The molecule has 1 aromatic carbocycles. The van der Waals surface area contributed by atoms with E-state index in [-0.39, 0.29) is 29.0 Å². The Morgan fingerprint density at radius 1 is 1.17 bits per heavy atom. The van der Waals surface area contributed by atoms with E-state index in [2.05, 4.69) is 0 Å². The van der Waals surface area contributed by atoms with Crippen molar-refractivity contribution in [2.45, 2.75) is 39.5 Å². The van der Waals surface area contributed by atoms with Crippen LogP contribution in [0.2, 0.25) is 0 Å². The Balaban J connectivity index is 2.33. The highest BCUT2D eigenvalue weighted by molar-refractivity contribution is 6.02. The van der Waals surface area contributed by atoms with Crippen LogP contribution in [-0.2, 0) is 11.8 Å². The first-order valence-electron chi connectivity index (χ1n) is 9.11. The molecule has 0 spiro atoms. The zero-order valence-corrected chi connectivity index (χ0v) is 17.0. The SMILES string of the molecule is CC(C)c1cc(C(=O)OCC(=O)c2c(N)n(C)c(=O)[nH]c2=O)c(O)c(C(C)C)c1. The number of phenols is 1. The van der Waals surface area contributed by atoms with Gasteiger partial charge in [-0.05, 0) is 29.0 Å². The number of benzene rings is 1. The number of aromatic amines is 1. The molecule has 2 rings (SSSR count). The lowest BCUT2D eigenvalue weighted by molar-refractivity contribution is 0.0471. The van der Waals surface area contributed by atoms with Crippen molar-refractivity contribution in [1.82, 2.24) is 9.55 Å². The van der Waals surface area contributed by atoms with Gasteiger partial charge < -0.3 is 15.6 Å². The number of nitrogens with one attached hydrogen (secondary N) is 1. The Bertz CT molecular complexity index is 1080. The van der Waals surface area contributed by atoms with Gasteiger partial charge in [-0.15, -0.1) is 0 Å². The van der Waals surface area contributed by atoms with Gasteiger partial charge in [0.15, 0.2) is 6.61 Å². The monoisotopic (exact) mass is 403 g/mol. The number of ether oxygens (including phenoxy) is 1. The summed E-state index contributed by atoms with van der Waals surface area (Å²) in [5.74, 6) is -2.24. The predicted octanol–water partition coefficient (Wildman–Crippen LogP) is 1.65. The molecule has 9 heteroatoms. The Kier molecular flexibility index (Phi) is 6.31. The number of hydrogen-bond donors (Lipinski definition) is 3. The van der Waals surface area contributed by atoms with Crippen LogP contribution in [0.15, 0.2) is 21.7 Å². The number of H-pyrrole nitrogens is 1. The van der Waals surface area contributed by atoms with E-state index in [1.807, 2.05) is 38.7 Å². The largest absolute Gasteiger partial charge is 0.507 e. The summed E-state index contributed by atoms with van der Waals surface area (Å²) in [7, 11) is 1.29. The lowest BCUT2D eigenvalue weighted by Gasteiger charge is -2.16. The summed E-state index contributed by atoms with van der Waals surface area (Å²) < 4.78 is 5.94. The van der Waals surface area contributed by atoms with Gasteiger partial charge in [-0.2, -0.15) is 0 Å². The Morgan fingerprint density at radius 3 is 2.34 bits per heavy atom. The van der Waals surface area contributed by atoms with Crippen LogP contribution in [0.1, 0.15) is 71.4 Å². The first-order chi connectivity index (χ1) is 13.5. The van der Waals surface area contributed by atoms with Gasteiger partial charge in [0.2, 0.25) is 5.78 Å². The van der Waals surface area contributed by atoms with E-state index in [1.165, 1.54) is 13.1 Å². The van der Waals surface area contributed by atoms with E-state index in [0.717, 1.165) is 10.1 Å². The van der Waals surface area contributed by atoms with Gasteiger partial charge in [-0.1, -0.05) is 33.8 Å². The minimum atomic E-state index is -0.960. The van der Waals surface area contributed by atoms with E-state index in [9.17, 15) is 24.3 Å². The third kappa shape index (κ3) is 4.39. The first-order valence-corrected chi connectivity index (χ1v) is 9.11. The second kappa shape index (κ2) is 8.34. The molecule has 2 aromatic rings. The number of ketones is 1. The number of aromatic nitrogens is 2. The second-order valence-electron chi connectivity index (χ2n) is 7.39. The van der Waals surface area contributed by atoms with Gasteiger partial charge in [-0.3, -0.25) is 19.1 Å². The van der Waals surface area contributed by atoms with Gasteiger partial charge in [0.05, 0.1) is 0 Å². The van der Waals surface area contributed by atoms with Crippen LogP contribution < -0.4 is 17.0 Å². The molecule has 0 saturated carbocycles. The van der Waals surface area contributed by atoms with E-state index in [0.29, 0.717) is 5.56 Å². The van der Waals surface area contributed by atoms with Crippen molar-refractivity contribution in [3.63, 3.8) is 0 Å². The molecule has 1 heterocycles. The van der Waals surface area contributed by atoms with Gasteiger partial charge in [-0.25, -0.2) is 9.59 Å². The zero-order chi connectivity index (χ0) is 22.0. The van der Waals surface area contributed by atoms with Crippen molar-refractivity contribution >= 4 is 17.6 Å². The Morgan fingerprint density at radius 2 is 1.79 bits per heavy atom. The highest BCUT2D eigenvalue weighted by atomic mass is 16.5. The fourth-order valence-electron chi connectivity index (χ4n) is 2.80. The summed E-state index contributed by atoms with van der Waals surface area (Å²) >= 11 is 0. The van der Waals surface area contributed by atoms with Crippen LogP contribution in [0.4, 0.5) is 5.82 Å². The summed E-state index contributed by atoms with van der Waals surface area (Å²) in [5.41, 5.74) is 4.85. The van der Waals surface area contributed by atoms with E-state index >= 15 is 0 Å². The fraction of sp³-hybridized carbons (Fsp3) is 0.400. The number of carbonyl (C=O) groups excluding carboxylic acids is 2. The molecule has 0 amide bonds. The Labute approximate surface area is 167 Å². The molecule has 29 heavy (non-hydrogen) atoms. The summed E-state index contributed by atoms with van der Waals surface area (Å²) in [4.78, 5) is 50.3. The highest BCUT2D eigenvalue weighted by Gasteiger charge is 2.23. The third-order valence-electron chi connectivity index (χ3n) is 4.65. The van der Waals surface area contributed by atoms with Gasteiger partial charge in [0, 0.05) is 7.05 Å². The maximum atomic E-state index is 12.5. The molecule has 156 valence electrons. The molecule has 4 N–H and O–H groups in total. The minimum absolute atomic E-state index is 0.0363. The molecule has 0 aliphatic rings. The molecular formula is C20H25N3O6. The quantitative estimate of drug-likeness (QED) is 0.491. The van der Waals surface area contributed by atoms with E-state index in [1.54, 1.807) is 0 Å². The Hall–Kier alpha value is -3.36. The fourth-order valence-corrected chi connectivity index (χ4v) is 2.80. The summed E-state index contributed by atoms with van der Waals surface area (Å²) in [5, 5.41) is 10.5. The standard InChI is InChI=1S/C20H25N3O6/c1-9(2)11-6-12(10(3)4)16(25)13(7-11)19(27)29-8-14(24)15-17(21)23(5)20(28)22-18(15)26/h6-7,9-10,25H,8,21H2,1-5H3,(H,22,26,28). The molecule has 0 atom stereocenters. The molecule has 0 fully saturated rings. The number of phenolic OH excluding ortho intramolecular Hbond substituents is 1. The van der Waals surface area contributed by atoms with Crippen molar-refractivity contribution in [2.24, 2.45) is 7.05 Å². The molecule has 0 radical (unpaired) electrons. The lowest BCUT2D eigenvalue weighted by Crippen LogP contribution is -2.35. The topological polar surface area (TPSA) is 144 Å². The van der Waals surface area contributed by atoms with Crippen molar-refractivity contribution in [1.29, 1.82) is 0 Å². The van der Waals surface area contributed by atoms with Crippen LogP contribution in [0, 0.1) is 0 Å². The molecule has 0 bridgehead atoms. The second-order valence-corrected chi connectivity index (χ2v) is 7.39. The normalized spacial score (nSPS) is 11.1. The molecule has 0 saturated heterocycles. The number of aromatic hydroxyl groups is 1. The summed E-state index contributed by atoms with van der Waals surface area (Å²) in [6.45, 7) is 6.89. The van der Waals surface area contributed by atoms with E-state index < -0.39 is 35.2 Å². The van der Waals surface area contributed by atoms with Crippen LogP contribution in [0.5, 0.6) is 5.75 Å². The van der Waals surface area contributed by atoms with Crippen LogP contribution in [0.3, 0.4) is 0 Å². The van der Waals surface area contributed by atoms with Crippen molar-refractivity contribution < 1.29 is 19.4 Å². The average molecular weight is 403 g/mol. The van der Waals surface area contributed by atoms with Crippen LogP contribution in [0.25, 0.3) is 0 Å². The first kappa shape index (κ1) is 21.9. The predicted molar refractivity (Wildman–Crippen MR) is 108 cm³/mol.